The lowest BCUT2D eigenvalue weighted by atomic mass is 9.82. The summed E-state index contributed by atoms with van der Waals surface area (Å²) in [6, 6.07) is 4.07. The van der Waals surface area contributed by atoms with Crippen molar-refractivity contribution >= 4 is 17.2 Å². The van der Waals surface area contributed by atoms with Crippen LogP contribution in [0.25, 0.3) is 0 Å². The molecule has 1 aromatic rings. The van der Waals surface area contributed by atoms with E-state index in [1.165, 1.54) is 6.42 Å². The molecular formula is C15H19N3OS. The Morgan fingerprint density at radius 1 is 1.50 bits per heavy atom. The minimum atomic E-state index is -0.351. The molecule has 1 N–H and O–H groups in total. The van der Waals surface area contributed by atoms with Crippen molar-refractivity contribution in [3.63, 3.8) is 0 Å². The normalized spacial score (nSPS) is 25.1. The molecule has 1 spiro atoms. The van der Waals surface area contributed by atoms with Crippen LogP contribution in [0.5, 0.6) is 0 Å². The molecule has 2 aliphatic rings. The van der Waals surface area contributed by atoms with Crippen molar-refractivity contribution in [2.45, 2.75) is 50.7 Å². The van der Waals surface area contributed by atoms with Crippen LogP contribution in [0.3, 0.4) is 0 Å². The number of carbonyl (C=O) groups is 1. The molecule has 1 amide bonds. The van der Waals surface area contributed by atoms with Crippen LogP contribution in [0, 0.1) is 11.3 Å². The van der Waals surface area contributed by atoms with Crippen molar-refractivity contribution in [2.24, 2.45) is 0 Å². The summed E-state index contributed by atoms with van der Waals surface area (Å²) in [5, 5.41) is 14.4. The second kappa shape index (κ2) is 5.19. The van der Waals surface area contributed by atoms with Crippen LogP contribution in [0.2, 0.25) is 0 Å². The summed E-state index contributed by atoms with van der Waals surface area (Å²) in [4.78, 5) is 15.8. The van der Waals surface area contributed by atoms with Gasteiger partial charge in [-0.05, 0) is 25.8 Å². The second-order valence-electron chi connectivity index (χ2n) is 5.63. The van der Waals surface area contributed by atoms with Gasteiger partial charge in [-0.3, -0.25) is 10.1 Å². The van der Waals surface area contributed by atoms with Gasteiger partial charge >= 0.3 is 0 Å². The van der Waals surface area contributed by atoms with Crippen molar-refractivity contribution in [2.75, 3.05) is 6.54 Å². The van der Waals surface area contributed by atoms with Gasteiger partial charge in [-0.2, -0.15) is 5.26 Å². The van der Waals surface area contributed by atoms with E-state index in [-0.39, 0.29) is 17.6 Å². The highest BCUT2D eigenvalue weighted by Gasteiger charge is 2.51. The van der Waals surface area contributed by atoms with Gasteiger partial charge in [0.2, 0.25) is 5.91 Å². The van der Waals surface area contributed by atoms with E-state index in [1.54, 1.807) is 11.3 Å². The third-order valence-electron chi connectivity index (χ3n) is 4.46. The van der Waals surface area contributed by atoms with Crippen LogP contribution >= 0.6 is 11.3 Å². The number of rotatable bonds is 2. The lowest BCUT2D eigenvalue weighted by molar-refractivity contribution is -0.134. The van der Waals surface area contributed by atoms with E-state index in [2.05, 4.69) is 11.4 Å². The summed E-state index contributed by atoms with van der Waals surface area (Å²) in [6.07, 6.45) is 5.29. The maximum Gasteiger partial charge on any atom is 0.244 e. The molecule has 2 fully saturated rings. The highest BCUT2D eigenvalue weighted by molar-refractivity contribution is 7.10. The summed E-state index contributed by atoms with van der Waals surface area (Å²) < 4.78 is 0. The number of carbonyl (C=O) groups excluding carboxylic acids is 1. The van der Waals surface area contributed by atoms with Gasteiger partial charge in [-0.1, -0.05) is 19.3 Å². The maximum absolute atomic E-state index is 12.8. The smallest absolute Gasteiger partial charge is 0.244 e. The molecule has 0 aromatic carbocycles. The molecule has 106 valence electrons. The number of hydrogen-bond donors (Lipinski definition) is 1. The van der Waals surface area contributed by atoms with Gasteiger partial charge in [0.25, 0.3) is 0 Å². The quantitative estimate of drug-likeness (QED) is 0.911. The van der Waals surface area contributed by atoms with Gasteiger partial charge in [0.05, 0.1) is 11.1 Å². The standard InChI is InChI=1S/C15H19N3OS/c1-2-18-13(12-8-11(9-16)10-20-12)17-15(14(18)19)6-4-3-5-7-15/h8,10,13,17H,2-7H2,1H3. The van der Waals surface area contributed by atoms with Gasteiger partial charge in [0.1, 0.15) is 12.2 Å². The fraction of sp³-hybridized carbons (Fsp3) is 0.600. The van der Waals surface area contributed by atoms with Crippen molar-refractivity contribution in [1.29, 1.82) is 5.26 Å². The first-order valence-corrected chi connectivity index (χ1v) is 8.15. The molecule has 2 heterocycles. The Balaban J connectivity index is 1.91. The van der Waals surface area contributed by atoms with Gasteiger partial charge in [0.15, 0.2) is 0 Å². The molecule has 1 saturated heterocycles. The van der Waals surface area contributed by atoms with Gasteiger partial charge in [-0.25, -0.2) is 0 Å². The molecule has 0 radical (unpaired) electrons. The fourth-order valence-corrected chi connectivity index (χ4v) is 4.31. The molecule has 1 aromatic heterocycles. The zero-order chi connectivity index (χ0) is 14.2. The number of hydrogen-bond acceptors (Lipinski definition) is 4. The Bertz CT molecular complexity index is 554. The van der Waals surface area contributed by atoms with Crippen LogP contribution in [0.4, 0.5) is 0 Å². The summed E-state index contributed by atoms with van der Waals surface area (Å²) in [5.74, 6) is 0.247. The molecule has 5 heteroatoms. The molecule has 1 saturated carbocycles. The van der Waals surface area contributed by atoms with Gasteiger partial charge < -0.3 is 4.90 Å². The topological polar surface area (TPSA) is 56.1 Å². The minimum absolute atomic E-state index is 0.0577. The number of nitriles is 1. The first-order chi connectivity index (χ1) is 9.70. The predicted molar refractivity (Wildman–Crippen MR) is 78.1 cm³/mol. The van der Waals surface area contributed by atoms with E-state index in [4.69, 9.17) is 5.26 Å². The Morgan fingerprint density at radius 3 is 2.85 bits per heavy atom. The number of likely N-dealkylation sites (N-methyl/N-ethyl adjacent to an activating group) is 1. The zero-order valence-corrected chi connectivity index (χ0v) is 12.5. The predicted octanol–water partition coefficient (Wildman–Crippen LogP) is 2.77. The molecule has 1 aliphatic heterocycles. The second-order valence-corrected chi connectivity index (χ2v) is 6.57. The van der Waals surface area contributed by atoms with Crippen LogP contribution in [0.15, 0.2) is 11.4 Å². The number of thiophene rings is 1. The highest BCUT2D eigenvalue weighted by Crippen LogP contribution is 2.40. The number of amides is 1. The molecular weight excluding hydrogens is 270 g/mol. The van der Waals surface area contributed by atoms with Crippen molar-refractivity contribution in [1.82, 2.24) is 10.2 Å². The lowest BCUT2D eigenvalue weighted by Crippen LogP contribution is -2.48. The van der Waals surface area contributed by atoms with Gasteiger partial charge in [0, 0.05) is 16.8 Å². The van der Waals surface area contributed by atoms with E-state index >= 15 is 0 Å². The lowest BCUT2D eigenvalue weighted by Gasteiger charge is -2.31. The molecule has 0 bridgehead atoms. The van der Waals surface area contributed by atoms with Crippen LogP contribution in [-0.2, 0) is 4.79 Å². The zero-order valence-electron chi connectivity index (χ0n) is 11.7. The van der Waals surface area contributed by atoms with Crippen molar-refractivity contribution in [3.05, 3.63) is 21.9 Å². The summed E-state index contributed by atoms with van der Waals surface area (Å²) in [6.45, 7) is 2.73. The van der Waals surface area contributed by atoms with Crippen LogP contribution < -0.4 is 5.32 Å². The van der Waals surface area contributed by atoms with E-state index in [1.807, 2.05) is 23.3 Å². The first kappa shape index (κ1) is 13.6. The minimum Gasteiger partial charge on any atom is -0.321 e. The molecule has 1 atom stereocenters. The largest absolute Gasteiger partial charge is 0.321 e. The van der Waals surface area contributed by atoms with Gasteiger partial charge in [-0.15, -0.1) is 11.3 Å². The van der Waals surface area contributed by atoms with E-state index in [9.17, 15) is 4.79 Å². The number of nitrogens with one attached hydrogen (secondary N) is 1. The van der Waals surface area contributed by atoms with E-state index < -0.39 is 0 Å². The summed E-state index contributed by atoms with van der Waals surface area (Å²) in [7, 11) is 0. The van der Waals surface area contributed by atoms with E-state index in [0.717, 1.165) is 30.6 Å². The maximum atomic E-state index is 12.8. The third kappa shape index (κ3) is 2.04. The molecule has 20 heavy (non-hydrogen) atoms. The molecule has 1 aliphatic carbocycles. The molecule has 4 nitrogen and oxygen atoms in total. The third-order valence-corrected chi connectivity index (χ3v) is 5.45. The summed E-state index contributed by atoms with van der Waals surface area (Å²) >= 11 is 1.56. The Kier molecular flexibility index (Phi) is 3.53. The fourth-order valence-electron chi connectivity index (χ4n) is 3.41. The Labute approximate surface area is 123 Å². The Morgan fingerprint density at radius 2 is 2.25 bits per heavy atom. The van der Waals surface area contributed by atoms with Crippen LogP contribution in [-0.4, -0.2) is 22.9 Å². The Hall–Kier alpha value is -1.38. The van der Waals surface area contributed by atoms with E-state index in [0.29, 0.717) is 12.1 Å². The average Bonchev–Trinajstić information content (AvgIpc) is 3.05. The molecule has 1 unspecified atom stereocenters. The van der Waals surface area contributed by atoms with Crippen molar-refractivity contribution in [3.8, 4) is 6.07 Å². The summed E-state index contributed by atoms with van der Waals surface area (Å²) in [5.41, 5.74) is 0.329. The molecule has 3 rings (SSSR count). The number of nitrogens with zero attached hydrogens (tertiary/aromatic N) is 2. The first-order valence-electron chi connectivity index (χ1n) is 7.27. The average molecular weight is 289 g/mol. The monoisotopic (exact) mass is 289 g/mol. The SMILES string of the molecule is CCN1C(=O)C2(CCCCC2)NC1c1cc(C#N)cs1. The highest BCUT2D eigenvalue weighted by atomic mass is 32.1. The van der Waals surface area contributed by atoms with Crippen LogP contribution in [0.1, 0.15) is 55.6 Å². The van der Waals surface area contributed by atoms with Crippen molar-refractivity contribution < 1.29 is 4.79 Å².